The first-order valence-corrected chi connectivity index (χ1v) is 12.1. The second-order valence-corrected chi connectivity index (χ2v) is 9.38. The summed E-state index contributed by atoms with van der Waals surface area (Å²) in [5.74, 6) is 1.88. The van der Waals surface area contributed by atoms with Gasteiger partial charge in [-0.1, -0.05) is 54.2 Å². The first kappa shape index (κ1) is 21.4. The van der Waals surface area contributed by atoms with Crippen LogP contribution in [0.5, 0.6) is 11.5 Å². The number of carbonyl (C=O) groups is 1. The summed E-state index contributed by atoms with van der Waals surface area (Å²) in [6.07, 6.45) is 0. The molecule has 1 amide bonds. The topological polar surface area (TPSA) is 90.6 Å². The third-order valence-corrected chi connectivity index (χ3v) is 6.75. The van der Waals surface area contributed by atoms with E-state index in [2.05, 4.69) is 15.5 Å². The van der Waals surface area contributed by atoms with Gasteiger partial charge in [0, 0.05) is 22.7 Å². The largest absolute Gasteiger partial charge is 0.486 e. The first-order chi connectivity index (χ1) is 17.2. The third kappa shape index (κ3) is 4.04. The third-order valence-electron chi connectivity index (χ3n) is 5.71. The van der Waals surface area contributed by atoms with Gasteiger partial charge in [0.15, 0.2) is 22.3 Å². The quantitative estimate of drug-likeness (QED) is 0.358. The zero-order valence-corrected chi connectivity index (χ0v) is 19.7. The number of benzene rings is 3. The van der Waals surface area contributed by atoms with Crippen molar-refractivity contribution in [3.05, 3.63) is 72.8 Å². The average Bonchev–Trinajstić information content (AvgIpc) is 3.32. The van der Waals surface area contributed by atoms with Crippen molar-refractivity contribution < 1.29 is 14.3 Å². The lowest BCUT2D eigenvalue weighted by molar-refractivity contribution is -0.115. The molecule has 8 nitrogen and oxygen atoms in total. The van der Waals surface area contributed by atoms with Gasteiger partial charge in [0.2, 0.25) is 5.91 Å². The maximum atomic E-state index is 13.0. The molecular weight excluding hydrogens is 462 g/mol. The van der Waals surface area contributed by atoms with Crippen molar-refractivity contribution in [2.45, 2.75) is 17.3 Å². The summed E-state index contributed by atoms with van der Waals surface area (Å²) >= 11 is 1.33. The van der Waals surface area contributed by atoms with Crippen LogP contribution >= 0.6 is 11.8 Å². The molecule has 35 heavy (non-hydrogen) atoms. The van der Waals surface area contributed by atoms with Crippen molar-refractivity contribution in [1.82, 2.24) is 19.6 Å². The van der Waals surface area contributed by atoms with E-state index >= 15 is 0 Å². The van der Waals surface area contributed by atoms with E-state index in [9.17, 15) is 4.79 Å². The van der Waals surface area contributed by atoms with Gasteiger partial charge < -0.3 is 14.8 Å². The number of thioether (sulfide) groups is 1. The molecular formula is C26H21N5O3S. The number of carbonyl (C=O) groups excluding carboxylic acids is 1. The van der Waals surface area contributed by atoms with Gasteiger partial charge in [0.1, 0.15) is 19.0 Å². The Bertz CT molecular complexity index is 1550. The molecule has 0 radical (unpaired) electrons. The summed E-state index contributed by atoms with van der Waals surface area (Å²) in [5, 5.41) is 12.9. The van der Waals surface area contributed by atoms with Crippen LogP contribution in [0, 0.1) is 0 Å². The molecule has 0 saturated heterocycles. The van der Waals surface area contributed by atoms with E-state index in [0.29, 0.717) is 41.2 Å². The van der Waals surface area contributed by atoms with E-state index in [0.717, 1.165) is 22.3 Å². The molecule has 0 aliphatic carbocycles. The molecule has 9 heteroatoms. The highest BCUT2D eigenvalue weighted by atomic mass is 32.2. The summed E-state index contributed by atoms with van der Waals surface area (Å²) in [7, 11) is 0. The van der Waals surface area contributed by atoms with Gasteiger partial charge in [-0.2, -0.15) is 0 Å². The normalized spacial score (nSPS) is 13.6. The minimum absolute atomic E-state index is 0.154. The first-order valence-electron chi connectivity index (χ1n) is 11.2. The standard InChI is InChI=1S/C26H21N5O3S/c1-16(25(32)27-18-11-12-21-22(15-18)34-14-13-33-21)35-26-30-29-24-19-9-5-6-10-20(19)28-23(31(24)26)17-7-3-2-4-8-17/h2-12,15-16H,13-14H2,1H3,(H,27,32)/t16-/m1/s1. The Balaban J connectivity index is 1.33. The molecule has 0 bridgehead atoms. The van der Waals surface area contributed by atoms with Crippen LogP contribution < -0.4 is 14.8 Å². The molecule has 3 heterocycles. The summed E-state index contributed by atoms with van der Waals surface area (Å²) in [6, 6.07) is 23.2. The van der Waals surface area contributed by atoms with Crippen molar-refractivity contribution in [2.75, 3.05) is 18.5 Å². The van der Waals surface area contributed by atoms with Crippen LogP contribution in [0.25, 0.3) is 27.9 Å². The number of ether oxygens (including phenoxy) is 2. The van der Waals surface area contributed by atoms with Gasteiger partial charge in [0.05, 0.1) is 10.8 Å². The fourth-order valence-electron chi connectivity index (χ4n) is 3.99. The monoisotopic (exact) mass is 483 g/mol. The minimum Gasteiger partial charge on any atom is -0.486 e. The second-order valence-electron chi connectivity index (χ2n) is 8.07. The molecule has 2 aromatic heterocycles. The zero-order valence-electron chi connectivity index (χ0n) is 18.8. The molecule has 174 valence electrons. The molecule has 5 aromatic rings. The van der Waals surface area contributed by atoms with Crippen molar-refractivity contribution >= 4 is 39.9 Å². The van der Waals surface area contributed by atoms with Crippen LogP contribution in [0.1, 0.15) is 6.92 Å². The van der Waals surface area contributed by atoms with E-state index in [1.165, 1.54) is 11.8 Å². The van der Waals surface area contributed by atoms with Gasteiger partial charge in [-0.15, -0.1) is 10.2 Å². The van der Waals surface area contributed by atoms with E-state index in [-0.39, 0.29) is 5.91 Å². The molecule has 1 atom stereocenters. The van der Waals surface area contributed by atoms with Crippen LogP contribution in [-0.4, -0.2) is 44.0 Å². The van der Waals surface area contributed by atoms with Crippen molar-refractivity contribution in [3.8, 4) is 22.9 Å². The van der Waals surface area contributed by atoms with Crippen LogP contribution in [0.15, 0.2) is 78.0 Å². The molecule has 3 aromatic carbocycles. The molecule has 0 fully saturated rings. The number of anilines is 1. The van der Waals surface area contributed by atoms with Crippen molar-refractivity contribution in [2.24, 2.45) is 0 Å². The maximum absolute atomic E-state index is 13.0. The van der Waals surface area contributed by atoms with Gasteiger partial charge in [-0.05, 0) is 31.2 Å². The fraction of sp³-hybridized carbons (Fsp3) is 0.154. The number of fused-ring (bicyclic) bond motifs is 4. The summed E-state index contributed by atoms with van der Waals surface area (Å²) in [4.78, 5) is 17.9. The molecule has 0 unspecified atom stereocenters. The number of aromatic nitrogens is 4. The molecule has 6 rings (SSSR count). The van der Waals surface area contributed by atoms with Crippen LogP contribution in [0.2, 0.25) is 0 Å². The van der Waals surface area contributed by atoms with Gasteiger partial charge in [-0.3, -0.25) is 9.20 Å². The zero-order chi connectivity index (χ0) is 23.8. The highest BCUT2D eigenvalue weighted by molar-refractivity contribution is 8.00. The number of hydrogen-bond acceptors (Lipinski definition) is 7. The predicted molar refractivity (Wildman–Crippen MR) is 135 cm³/mol. The van der Waals surface area contributed by atoms with Crippen molar-refractivity contribution in [3.63, 3.8) is 0 Å². The number of rotatable bonds is 5. The Kier molecular flexibility index (Phi) is 5.46. The molecule has 1 N–H and O–H groups in total. The fourth-order valence-corrected chi connectivity index (χ4v) is 4.84. The molecule has 0 saturated carbocycles. The van der Waals surface area contributed by atoms with E-state index < -0.39 is 5.25 Å². The van der Waals surface area contributed by atoms with Crippen LogP contribution in [0.4, 0.5) is 5.69 Å². The Morgan fingerprint density at radius 1 is 0.971 bits per heavy atom. The Labute approximate surface area is 205 Å². The van der Waals surface area contributed by atoms with Crippen LogP contribution in [0.3, 0.4) is 0 Å². The minimum atomic E-state index is -0.439. The van der Waals surface area contributed by atoms with Gasteiger partial charge in [-0.25, -0.2) is 4.98 Å². The molecule has 1 aliphatic rings. The average molecular weight is 484 g/mol. The lowest BCUT2D eigenvalue weighted by atomic mass is 10.2. The van der Waals surface area contributed by atoms with E-state index in [1.807, 2.05) is 65.9 Å². The number of para-hydroxylation sites is 1. The predicted octanol–water partition coefficient (Wildman–Crippen LogP) is 4.84. The maximum Gasteiger partial charge on any atom is 0.237 e. The number of hydrogen-bond donors (Lipinski definition) is 1. The smallest absolute Gasteiger partial charge is 0.237 e. The highest BCUT2D eigenvalue weighted by Crippen LogP contribution is 2.34. The highest BCUT2D eigenvalue weighted by Gasteiger charge is 2.22. The Hall–Kier alpha value is -4.11. The number of amides is 1. The van der Waals surface area contributed by atoms with Crippen molar-refractivity contribution in [1.29, 1.82) is 0 Å². The lowest BCUT2D eigenvalue weighted by Gasteiger charge is -2.19. The van der Waals surface area contributed by atoms with Gasteiger partial charge in [0.25, 0.3) is 0 Å². The second kappa shape index (κ2) is 8.92. The summed E-state index contributed by atoms with van der Waals surface area (Å²) in [6.45, 7) is 2.85. The molecule has 1 aliphatic heterocycles. The summed E-state index contributed by atoms with van der Waals surface area (Å²) in [5.41, 5.74) is 3.14. The number of nitrogens with zero attached hydrogens (tertiary/aromatic N) is 4. The Morgan fingerprint density at radius 2 is 1.74 bits per heavy atom. The van der Waals surface area contributed by atoms with Gasteiger partial charge >= 0.3 is 0 Å². The Morgan fingerprint density at radius 3 is 2.60 bits per heavy atom. The number of nitrogens with one attached hydrogen (secondary N) is 1. The van der Waals surface area contributed by atoms with Crippen LogP contribution in [-0.2, 0) is 4.79 Å². The SMILES string of the molecule is C[C@@H](Sc1nnc2c3ccccc3nc(-c3ccccc3)n12)C(=O)Nc1ccc2c(c1)OCCO2. The summed E-state index contributed by atoms with van der Waals surface area (Å²) < 4.78 is 13.1. The van der Waals surface area contributed by atoms with E-state index in [4.69, 9.17) is 14.5 Å². The van der Waals surface area contributed by atoms with E-state index in [1.54, 1.807) is 18.2 Å². The molecule has 0 spiro atoms. The lowest BCUT2D eigenvalue weighted by Crippen LogP contribution is -2.23.